The quantitative estimate of drug-likeness (QED) is 0.566. The second kappa shape index (κ2) is 2.42. The van der Waals surface area contributed by atoms with E-state index in [4.69, 9.17) is 9.47 Å². The van der Waals surface area contributed by atoms with Gasteiger partial charge in [0.25, 0.3) is 5.79 Å². The van der Waals surface area contributed by atoms with Crippen molar-refractivity contribution in [3.63, 3.8) is 0 Å². The predicted molar refractivity (Wildman–Crippen MR) is 47.2 cm³/mol. The fourth-order valence-corrected chi connectivity index (χ4v) is 1.80. The number of rotatable bonds is 0. The fourth-order valence-electron chi connectivity index (χ4n) is 1.80. The molecule has 3 heteroatoms. The van der Waals surface area contributed by atoms with Crippen molar-refractivity contribution in [2.45, 2.75) is 26.6 Å². The average molecular weight is 182 g/mol. The van der Waals surface area contributed by atoms with E-state index in [1.165, 1.54) is 0 Å². The average Bonchev–Trinajstić information content (AvgIpc) is 2.48. The number of ether oxygens (including phenoxy) is 2. The molecule has 0 radical (unpaired) electrons. The van der Waals surface area contributed by atoms with Gasteiger partial charge in [-0.15, -0.1) is 0 Å². The molecule has 0 aromatic carbocycles. The van der Waals surface area contributed by atoms with Crippen molar-refractivity contribution >= 4 is 5.78 Å². The first kappa shape index (κ1) is 8.91. The monoisotopic (exact) mass is 182 g/mol. The van der Waals surface area contributed by atoms with Crippen molar-refractivity contribution in [3.05, 3.63) is 11.6 Å². The Morgan fingerprint density at radius 1 is 1.31 bits per heavy atom. The Bertz CT molecular complexity index is 277. The number of carbonyl (C=O) groups is 1. The smallest absolute Gasteiger partial charge is 0.257 e. The van der Waals surface area contributed by atoms with Crippen LogP contribution in [-0.2, 0) is 14.3 Å². The van der Waals surface area contributed by atoms with E-state index in [0.717, 1.165) is 5.57 Å². The van der Waals surface area contributed by atoms with E-state index in [9.17, 15) is 4.79 Å². The Labute approximate surface area is 77.7 Å². The highest BCUT2D eigenvalue weighted by molar-refractivity contribution is 6.07. The molecule has 1 aliphatic carbocycles. The molecule has 0 amide bonds. The summed E-state index contributed by atoms with van der Waals surface area (Å²) in [6.45, 7) is 7.19. The minimum Gasteiger partial charge on any atom is -0.337 e. The maximum atomic E-state index is 11.4. The molecule has 1 spiro atoms. The van der Waals surface area contributed by atoms with E-state index < -0.39 is 5.79 Å². The van der Waals surface area contributed by atoms with Crippen LogP contribution >= 0.6 is 0 Å². The number of hydrogen-bond acceptors (Lipinski definition) is 3. The molecular weight excluding hydrogens is 168 g/mol. The summed E-state index contributed by atoms with van der Waals surface area (Å²) in [6, 6.07) is 0. The van der Waals surface area contributed by atoms with Crippen LogP contribution in [-0.4, -0.2) is 24.8 Å². The van der Waals surface area contributed by atoms with Gasteiger partial charge < -0.3 is 9.47 Å². The van der Waals surface area contributed by atoms with Gasteiger partial charge in [0.15, 0.2) is 0 Å². The van der Waals surface area contributed by atoms with Gasteiger partial charge in [-0.2, -0.15) is 0 Å². The molecule has 0 unspecified atom stereocenters. The van der Waals surface area contributed by atoms with Crippen LogP contribution in [0.5, 0.6) is 0 Å². The summed E-state index contributed by atoms with van der Waals surface area (Å²) in [6.07, 6.45) is 1.63. The molecule has 0 bridgehead atoms. The van der Waals surface area contributed by atoms with Crippen LogP contribution in [0.15, 0.2) is 11.6 Å². The standard InChI is InChI=1S/C10H14O3/c1-9(2,3)7-6-8(11)10(7)12-4-5-13-10/h6H,4-5H2,1-3H3. The molecule has 2 rings (SSSR count). The van der Waals surface area contributed by atoms with E-state index in [1.54, 1.807) is 6.08 Å². The van der Waals surface area contributed by atoms with E-state index in [-0.39, 0.29) is 11.2 Å². The van der Waals surface area contributed by atoms with Gasteiger partial charge in [0, 0.05) is 5.57 Å². The van der Waals surface area contributed by atoms with Gasteiger partial charge in [-0.05, 0) is 11.5 Å². The van der Waals surface area contributed by atoms with E-state index in [1.807, 2.05) is 0 Å². The second-order valence-corrected chi connectivity index (χ2v) is 4.49. The summed E-state index contributed by atoms with van der Waals surface area (Å²) in [5, 5.41) is 0. The molecular formula is C10H14O3. The largest absolute Gasteiger partial charge is 0.337 e. The van der Waals surface area contributed by atoms with Gasteiger partial charge in [0.2, 0.25) is 5.78 Å². The SMILES string of the molecule is CC(C)(C)C1=CC(=O)C12OCCO2. The summed E-state index contributed by atoms with van der Waals surface area (Å²) in [7, 11) is 0. The molecule has 0 atom stereocenters. The lowest BCUT2D eigenvalue weighted by Gasteiger charge is -2.41. The lowest BCUT2D eigenvalue weighted by Crippen LogP contribution is -2.52. The van der Waals surface area contributed by atoms with Gasteiger partial charge in [0.05, 0.1) is 13.2 Å². The maximum absolute atomic E-state index is 11.4. The van der Waals surface area contributed by atoms with Crippen LogP contribution in [0, 0.1) is 5.41 Å². The first-order valence-electron chi connectivity index (χ1n) is 4.52. The highest BCUT2D eigenvalue weighted by Gasteiger charge is 2.56. The molecule has 2 aliphatic rings. The van der Waals surface area contributed by atoms with Crippen molar-refractivity contribution in [1.29, 1.82) is 0 Å². The maximum Gasteiger partial charge on any atom is 0.257 e. The molecule has 72 valence electrons. The molecule has 3 nitrogen and oxygen atoms in total. The van der Waals surface area contributed by atoms with E-state index in [2.05, 4.69) is 20.8 Å². The normalized spacial score (nSPS) is 26.1. The summed E-state index contributed by atoms with van der Waals surface area (Å²) >= 11 is 0. The van der Waals surface area contributed by atoms with Crippen LogP contribution in [0.1, 0.15) is 20.8 Å². The highest BCUT2D eigenvalue weighted by atomic mass is 16.7. The molecule has 1 fully saturated rings. The lowest BCUT2D eigenvalue weighted by atomic mass is 9.72. The minimum absolute atomic E-state index is 0.0464. The first-order valence-corrected chi connectivity index (χ1v) is 4.52. The Kier molecular flexibility index (Phi) is 1.66. The van der Waals surface area contributed by atoms with E-state index >= 15 is 0 Å². The Morgan fingerprint density at radius 3 is 2.23 bits per heavy atom. The molecule has 1 aliphatic heterocycles. The highest BCUT2D eigenvalue weighted by Crippen LogP contribution is 2.46. The van der Waals surface area contributed by atoms with Gasteiger partial charge in [-0.1, -0.05) is 20.8 Å². The van der Waals surface area contributed by atoms with Crippen LogP contribution in [0.2, 0.25) is 0 Å². The molecule has 1 saturated heterocycles. The summed E-state index contributed by atoms with van der Waals surface area (Å²) in [4.78, 5) is 11.4. The van der Waals surface area contributed by atoms with Crippen LogP contribution in [0.4, 0.5) is 0 Å². The minimum atomic E-state index is -1.00. The molecule has 1 heterocycles. The molecule has 0 aromatic heterocycles. The van der Waals surface area contributed by atoms with Crippen molar-refractivity contribution in [2.75, 3.05) is 13.2 Å². The number of ketones is 1. The van der Waals surface area contributed by atoms with Crippen molar-refractivity contribution in [3.8, 4) is 0 Å². The molecule has 13 heavy (non-hydrogen) atoms. The summed E-state index contributed by atoms with van der Waals surface area (Å²) in [5.74, 6) is -1.05. The van der Waals surface area contributed by atoms with Gasteiger partial charge in [-0.25, -0.2) is 0 Å². The van der Waals surface area contributed by atoms with Crippen molar-refractivity contribution in [2.24, 2.45) is 5.41 Å². The Morgan fingerprint density at radius 2 is 1.85 bits per heavy atom. The Balaban J connectivity index is 2.33. The van der Waals surface area contributed by atoms with Crippen LogP contribution in [0.25, 0.3) is 0 Å². The zero-order valence-corrected chi connectivity index (χ0v) is 8.22. The Hall–Kier alpha value is -0.670. The van der Waals surface area contributed by atoms with Gasteiger partial charge >= 0.3 is 0 Å². The van der Waals surface area contributed by atoms with Gasteiger partial charge in [0.1, 0.15) is 0 Å². The molecule has 0 N–H and O–H groups in total. The summed E-state index contributed by atoms with van der Waals surface area (Å²) in [5.41, 5.74) is 0.903. The molecule has 0 aromatic rings. The zero-order chi connectivity index (χ0) is 9.69. The zero-order valence-electron chi connectivity index (χ0n) is 8.22. The van der Waals surface area contributed by atoms with Crippen LogP contribution < -0.4 is 0 Å². The van der Waals surface area contributed by atoms with Crippen molar-refractivity contribution < 1.29 is 14.3 Å². The second-order valence-electron chi connectivity index (χ2n) is 4.49. The third-order valence-electron chi connectivity index (χ3n) is 2.46. The topological polar surface area (TPSA) is 35.5 Å². The fraction of sp³-hybridized carbons (Fsp3) is 0.700. The number of hydrogen-bond donors (Lipinski definition) is 0. The number of carbonyl (C=O) groups excluding carboxylic acids is 1. The summed E-state index contributed by atoms with van der Waals surface area (Å²) < 4.78 is 10.8. The first-order chi connectivity index (χ1) is 5.97. The van der Waals surface area contributed by atoms with E-state index in [0.29, 0.717) is 13.2 Å². The van der Waals surface area contributed by atoms with Crippen LogP contribution in [0.3, 0.4) is 0 Å². The third-order valence-corrected chi connectivity index (χ3v) is 2.46. The third kappa shape index (κ3) is 1.07. The predicted octanol–water partition coefficient (Wildman–Crippen LogP) is 1.28. The lowest BCUT2D eigenvalue weighted by molar-refractivity contribution is -0.173. The van der Waals surface area contributed by atoms with Gasteiger partial charge in [-0.3, -0.25) is 4.79 Å². The van der Waals surface area contributed by atoms with Crippen molar-refractivity contribution in [1.82, 2.24) is 0 Å². The molecule has 0 saturated carbocycles.